The highest BCUT2D eigenvalue weighted by Gasteiger charge is 2.34. The lowest BCUT2D eigenvalue weighted by molar-refractivity contribution is -0.154. The Morgan fingerprint density at radius 3 is 2.14 bits per heavy atom. The molecule has 2 heterocycles. The lowest BCUT2D eigenvalue weighted by Crippen LogP contribution is -2.26. The summed E-state index contributed by atoms with van der Waals surface area (Å²) in [7, 11) is 0. The fourth-order valence-electron chi connectivity index (χ4n) is 6.67. The molecule has 2 fully saturated rings. The van der Waals surface area contributed by atoms with E-state index in [4.69, 9.17) is 9.47 Å². The quantitative estimate of drug-likeness (QED) is 0.371. The number of fused-ring (bicyclic) bond motifs is 2. The van der Waals surface area contributed by atoms with E-state index < -0.39 is 6.10 Å². The van der Waals surface area contributed by atoms with Crippen molar-refractivity contribution in [1.29, 1.82) is 0 Å². The molecular weight excluding hydrogens is 520 g/mol. The first-order valence-electron chi connectivity index (χ1n) is 16.4. The van der Waals surface area contributed by atoms with E-state index >= 15 is 0 Å². The molecule has 0 aliphatic carbocycles. The first kappa shape index (κ1) is 32.2. The third-order valence-electron chi connectivity index (χ3n) is 9.09. The Hall–Kier alpha value is -2.69. The molecule has 0 spiro atoms. The van der Waals surface area contributed by atoms with Crippen molar-refractivity contribution in [3.05, 3.63) is 82.9 Å². The van der Waals surface area contributed by atoms with Gasteiger partial charge in [0.05, 0.1) is 24.2 Å². The number of cyclic esters (lactones) is 1. The Balaban J connectivity index is 1.66. The number of carbonyl (C=O) groups excluding carboxylic acids is 1. The molecule has 2 aromatic rings. The zero-order valence-electron chi connectivity index (χ0n) is 26.2. The molecule has 0 aromatic heterocycles. The summed E-state index contributed by atoms with van der Waals surface area (Å²) < 4.78 is 12.8. The zero-order chi connectivity index (χ0) is 29.9. The zero-order valence-corrected chi connectivity index (χ0v) is 26.2. The smallest absolute Gasteiger partial charge is 0.308 e. The molecule has 4 nitrogen and oxygen atoms in total. The monoisotopic (exact) mass is 572 g/mol. The van der Waals surface area contributed by atoms with E-state index in [9.17, 15) is 9.90 Å². The molecule has 1 N–H and O–H groups in total. The van der Waals surface area contributed by atoms with Crippen molar-refractivity contribution in [2.45, 2.75) is 116 Å². The highest BCUT2D eigenvalue weighted by atomic mass is 16.5. The van der Waals surface area contributed by atoms with Crippen molar-refractivity contribution in [3.8, 4) is 0 Å². The van der Waals surface area contributed by atoms with Gasteiger partial charge in [-0.25, -0.2) is 0 Å². The number of hydrogen-bond acceptors (Lipinski definition) is 4. The van der Waals surface area contributed by atoms with E-state index in [0.29, 0.717) is 12.3 Å². The van der Waals surface area contributed by atoms with Crippen molar-refractivity contribution in [2.24, 2.45) is 17.8 Å². The average Bonchev–Trinajstić information content (AvgIpc) is 3.33. The summed E-state index contributed by atoms with van der Waals surface area (Å²) >= 11 is 0. The summed E-state index contributed by atoms with van der Waals surface area (Å²) in [4.78, 5) is 13.2. The molecule has 0 saturated carbocycles. The van der Waals surface area contributed by atoms with E-state index in [-0.39, 0.29) is 36.1 Å². The number of rotatable bonds is 4. The Kier molecular flexibility index (Phi) is 12.5. The maximum Gasteiger partial charge on any atom is 0.308 e. The van der Waals surface area contributed by atoms with E-state index in [1.807, 2.05) is 43.3 Å². The average molecular weight is 573 g/mol. The summed E-state index contributed by atoms with van der Waals surface area (Å²) in [6, 6.07) is 20.7. The fourth-order valence-corrected chi connectivity index (χ4v) is 6.67. The van der Waals surface area contributed by atoms with Crippen molar-refractivity contribution >= 4 is 18.1 Å². The van der Waals surface area contributed by atoms with Gasteiger partial charge in [-0.3, -0.25) is 4.79 Å². The van der Waals surface area contributed by atoms with Gasteiger partial charge in [-0.15, -0.1) is 0 Å². The van der Waals surface area contributed by atoms with Crippen LogP contribution in [0.3, 0.4) is 0 Å². The first-order chi connectivity index (χ1) is 20.3. The summed E-state index contributed by atoms with van der Waals surface area (Å²) in [5, 5.41) is 11.9. The van der Waals surface area contributed by atoms with Gasteiger partial charge in [0.1, 0.15) is 6.10 Å². The van der Waals surface area contributed by atoms with Crippen molar-refractivity contribution in [1.82, 2.24) is 0 Å². The number of carbonyl (C=O) groups is 1. The number of hydrogen-bond donors (Lipinski definition) is 1. The SMILES string of the molecule is CCC[C@@H]1C/C(=C/c2ccccc2)C[C@@H](C)[C@H](O)/C(=C\c2ccccc2)C[C@H]2C[C@H](C)[C@H](CCCC[C@H](C)C(=O)O1)O2. The topological polar surface area (TPSA) is 55.8 Å². The third-order valence-corrected chi connectivity index (χ3v) is 9.09. The normalized spacial score (nSPS) is 32.3. The van der Waals surface area contributed by atoms with Gasteiger partial charge >= 0.3 is 5.97 Å². The molecule has 2 saturated heterocycles. The van der Waals surface area contributed by atoms with Crippen molar-refractivity contribution in [3.63, 3.8) is 0 Å². The van der Waals surface area contributed by atoms with Crippen LogP contribution in [0.4, 0.5) is 0 Å². The van der Waals surface area contributed by atoms with Gasteiger partial charge in [-0.1, -0.05) is 125 Å². The van der Waals surface area contributed by atoms with Crippen LogP contribution >= 0.6 is 0 Å². The van der Waals surface area contributed by atoms with Crippen LogP contribution in [-0.4, -0.2) is 35.5 Å². The largest absolute Gasteiger partial charge is 0.462 e. The first-order valence-corrected chi connectivity index (χ1v) is 16.4. The van der Waals surface area contributed by atoms with Crippen LogP contribution < -0.4 is 0 Å². The summed E-state index contributed by atoms with van der Waals surface area (Å²) in [5.41, 5.74) is 4.48. The van der Waals surface area contributed by atoms with Crippen LogP contribution in [0.15, 0.2) is 71.8 Å². The minimum absolute atomic E-state index is 0.0136. The lowest BCUT2D eigenvalue weighted by atomic mass is 9.85. The molecule has 228 valence electrons. The van der Waals surface area contributed by atoms with Gasteiger partial charge in [-0.05, 0) is 67.1 Å². The third kappa shape index (κ3) is 9.67. The summed E-state index contributed by atoms with van der Waals surface area (Å²) in [5.74, 6) is 0.286. The molecule has 7 atom stereocenters. The van der Waals surface area contributed by atoms with E-state index in [0.717, 1.165) is 74.5 Å². The predicted octanol–water partition coefficient (Wildman–Crippen LogP) is 9.04. The van der Waals surface area contributed by atoms with Crippen molar-refractivity contribution < 1.29 is 19.4 Å². The number of aliphatic hydroxyl groups is 1. The second kappa shape index (κ2) is 16.2. The summed E-state index contributed by atoms with van der Waals surface area (Å²) in [6.45, 7) is 8.59. The molecule has 2 aromatic carbocycles. The molecule has 2 aliphatic rings. The molecule has 4 rings (SSSR count). The highest BCUT2D eigenvalue weighted by Crippen LogP contribution is 2.36. The molecule has 4 heteroatoms. The van der Waals surface area contributed by atoms with Gasteiger partial charge in [-0.2, -0.15) is 0 Å². The molecule has 0 amide bonds. The van der Waals surface area contributed by atoms with E-state index in [2.05, 4.69) is 57.2 Å². The molecular formula is C38H52O4. The Labute approximate surface area is 254 Å². The second-order valence-electron chi connectivity index (χ2n) is 12.9. The number of ether oxygens (including phenoxy) is 2. The van der Waals surface area contributed by atoms with Crippen LogP contribution in [0.1, 0.15) is 103 Å². The predicted molar refractivity (Wildman–Crippen MR) is 173 cm³/mol. The standard InChI is InChI=1S/C38H52O4/c1-5-14-34-25-32(23-30-16-8-6-9-17-30)21-29(4)37(39)33(24-31-18-10-7-11-19-31)26-35-22-28(3)36(41-35)20-13-12-15-27(2)38(40)42-34/h6-11,16-19,23-24,27-29,34-37,39H,5,12-15,20-22,25-26H2,1-4H3/b32-23+,33-24-/t27-,28-,29+,34+,35+,36-,37-/m0/s1. The maximum absolute atomic E-state index is 13.2. The van der Waals surface area contributed by atoms with Crippen LogP contribution in [0.25, 0.3) is 12.2 Å². The fraction of sp³-hybridized carbons (Fsp3) is 0.553. The Morgan fingerprint density at radius 2 is 1.48 bits per heavy atom. The molecule has 2 bridgehead atoms. The number of esters is 1. The molecule has 0 unspecified atom stereocenters. The lowest BCUT2D eigenvalue weighted by Gasteiger charge is -2.27. The molecule has 42 heavy (non-hydrogen) atoms. The summed E-state index contributed by atoms with van der Waals surface area (Å²) in [6.07, 6.45) is 12.8. The minimum atomic E-state index is -0.603. The van der Waals surface area contributed by atoms with Gasteiger partial charge in [0.15, 0.2) is 0 Å². The number of aliphatic hydroxyl groups excluding tert-OH is 1. The van der Waals surface area contributed by atoms with Crippen LogP contribution in [-0.2, 0) is 14.3 Å². The van der Waals surface area contributed by atoms with Crippen LogP contribution in [0, 0.1) is 17.8 Å². The molecule has 2 aliphatic heterocycles. The van der Waals surface area contributed by atoms with Gasteiger partial charge in [0.2, 0.25) is 0 Å². The van der Waals surface area contributed by atoms with Crippen LogP contribution in [0.2, 0.25) is 0 Å². The van der Waals surface area contributed by atoms with Crippen LogP contribution in [0.5, 0.6) is 0 Å². The van der Waals surface area contributed by atoms with E-state index in [1.54, 1.807) is 0 Å². The van der Waals surface area contributed by atoms with Crippen molar-refractivity contribution in [2.75, 3.05) is 0 Å². The number of benzene rings is 2. The Morgan fingerprint density at radius 1 is 0.833 bits per heavy atom. The van der Waals surface area contributed by atoms with Gasteiger partial charge in [0, 0.05) is 6.42 Å². The molecule has 0 radical (unpaired) electrons. The second-order valence-corrected chi connectivity index (χ2v) is 12.9. The van der Waals surface area contributed by atoms with E-state index in [1.165, 1.54) is 5.57 Å². The van der Waals surface area contributed by atoms with Gasteiger partial charge < -0.3 is 14.6 Å². The Bertz CT molecular complexity index is 1150. The minimum Gasteiger partial charge on any atom is -0.462 e. The maximum atomic E-state index is 13.2. The highest BCUT2D eigenvalue weighted by molar-refractivity contribution is 5.72. The van der Waals surface area contributed by atoms with Gasteiger partial charge in [0.25, 0.3) is 0 Å².